The summed E-state index contributed by atoms with van der Waals surface area (Å²) in [6, 6.07) is -4.49. The second-order valence-electron chi connectivity index (χ2n) is 8.23. The summed E-state index contributed by atoms with van der Waals surface area (Å²) >= 11 is 3.93. The summed E-state index contributed by atoms with van der Waals surface area (Å²) in [7, 11) is 0. The van der Waals surface area contributed by atoms with E-state index in [9.17, 15) is 29.1 Å². The topological polar surface area (TPSA) is 222 Å². The summed E-state index contributed by atoms with van der Waals surface area (Å²) in [5.74, 6) is -4.06. The van der Waals surface area contributed by atoms with Crippen molar-refractivity contribution in [2.75, 3.05) is 5.75 Å². The molecule has 0 radical (unpaired) electrons. The van der Waals surface area contributed by atoms with Gasteiger partial charge in [0.05, 0.1) is 12.4 Å². The van der Waals surface area contributed by atoms with Crippen molar-refractivity contribution in [3.05, 3.63) is 18.2 Å². The lowest BCUT2D eigenvalue weighted by atomic mass is 10.0. The number of carboxylic acid groups (broad SMARTS) is 1. The highest BCUT2D eigenvalue weighted by Crippen LogP contribution is 2.08. The van der Waals surface area contributed by atoms with Crippen LogP contribution in [-0.2, 0) is 30.4 Å². The molecule has 0 aliphatic heterocycles. The van der Waals surface area contributed by atoms with E-state index in [-0.39, 0.29) is 37.4 Å². The van der Waals surface area contributed by atoms with Crippen LogP contribution >= 0.6 is 12.6 Å². The van der Waals surface area contributed by atoms with Crippen LogP contribution in [0.1, 0.15) is 38.8 Å². The number of aromatic nitrogens is 2. The van der Waals surface area contributed by atoms with Gasteiger partial charge in [0.1, 0.15) is 18.1 Å². The van der Waals surface area contributed by atoms with E-state index in [2.05, 4.69) is 38.5 Å². The van der Waals surface area contributed by atoms with Gasteiger partial charge in [0.2, 0.25) is 23.6 Å². The van der Waals surface area contributed by atoms with Crippen LogP contribution in [0.5, 0.6) is 0 Å². The Balaban J connectivity index is 3.00. The number of carboxylic acids is 1. The number of rotatable bonds is 15. The predicted molar refractivity (Wildman–Crippen MR) is 125 cm³/mol. The highest BCUT2D eigenvalue weighted by atomic mass is 32.1. The first-order chi connectivity index (χ1) is 15.9. The SMILES string of the molecule is CC(C)C[C@H](NC(=O)[C@H](Cc1cnc[nH]1)NC(=O)[C@@H](N)CCC(N)=O)C(=O)N[C@@H](CS)C(=O)O. The first kappa shape index (κ1) is 28.9. The molecule has 4 amide bonds. The molecule has 14 heteroatoms. The molecule has 0 aliphatic rings. The average molecular weight is 500 g/mol. The number of carbonyl (C=O) groups is 5. The quantitative estimate of drug-likeness (QED) is 0.126. The highest BCUT2D eigenvalue weighted by Gasteiger charge is 2.30. The van der Waals surface area contributed by atoms with Gasteiger partial charge >= 0.3 is 5.97 Å². The summed E-state index contributed by atoms with van der Waals surface area (Å²) < 4.78 is 0. The monoisotopic (exact) mass is 499 g/mol. The van der Waals surface area contributed by atoms with Crippen molar-refractivity contribution in [3.8, 4) is 0 Å². The van der Waals surface area contributed by atoms with Gasteiger partial charge in [-0.3, -0.25) is 19.2 Å². The average Bonchev–Trinajstić information content (AvgIpc) is 3.26. The van der Waals surface area contributed by atoms with Crippen LogP contribution in [0.4, 0.5) is 0 Å². The molecule has 0 saturated carbocycles. The van der Waals surface area contributed by atoms with E-state index in [0.717, 1.165) is 0 Å². The third kappa shape index (κ3) is 10.2. The fourth-order valence-electron chi connectivity index (χ4n) is 2.97. The van der Waals surface area contributed by atoms with Crippen LogP contribution in [0, 0.1) is 5.92 Å². The fraction of sp³-hybridized carbons (Fsp3) is 0.600. The number of hydrogen-bond acceptors (Lipinski definition) is 8. The maximum Gasteiger partial charge on any atom is 0.327 e. The number of aromatic amines is 1. The molecule has 0 saturated heterocycles. The van der Waals surface area contributed by atoms with E-state index in [1.165, 1.54) is 12.5 Å². The Hall–Kier alpha value is -3.13. The minimum absolute atomic E-state index is 0.00174. The van der Waals surface area contributed by atoms with Crippen LogP contribution in [-0.4, -0.2) is 74.6 Å². The van der Waals surface area contributed by atoms with Crippen molar-refractivity contribution in [2.45, 2.75) is 63.7 Å². The molecule has 190 valence electrons. The number of primary amides is 1. The van der Waals surface area contributed by atoms with Gasteiger partial charge in [-0.2, -0.15) is 12.6 Å². The summed E-state index contributed by atoms with van der Waals surface area (Å²) in [4.78, 5) is 67.2. The Morgan fingerprint density at radius 3 is 2.15 bits per heavy atom. The number of nitrogens with one attached hydrogen (secondary N) is 4. The molecule has 1 rings (SSSR count). The minimum Gasteiger partial charge on any atom is -0.480 e. The largest absolute Gasteiger partial charge is 0.480 e. The summed E-state index contributed by atoms with van der Waals surface area (Å²) in [6.45, 7) is 3.67. The van der Waals surface area contributed by atoms with Crippen LogP contribution < -0.4 is 27.4 Å². The Morgan fingerprint density at radius 1 is 1.06 bits per heavy atom. The Kier molecular flexibility index (Phi) is 12.1. The van der Waals surface area contributed by atoms with Crippen molar-refractivity contribution >= 4 is 42.2 Å². The standard InChI is InChI=1S/C20H33N7O6S/c1-10(2)5-13(18(30)27-15(8-34)20(32)33)26-19(31)14(6-11-7-23-9-24-11)25-17(29)12(21)3-4-16(22)28/h7,9-10,12-15,34H,3-6,8,21H2,1-2H3,(H2,22,28)(H,23,24)(H,25,29)(H,26,31)(H,27,30)(H,32,33)/t12-,13-,14-,15-/m0/s1. The number of H-pyrrole nitrogens is 1. The lowest BCUT2D eigenvalue weighted by molar-refractivity contribution is -0.141. The first-order valence-corrected chi connectivity index (χ1v) is 11.3. The number of nitrogens with zero attached hydrogens (tertiary/aromatic N) is 1. The van der Waals surface area contributed by atoms with Crippen molar-refractivity contribution in [2.24, 2.45) is 17.4 Å². The van der Waals surface area contributed by atoms with Gasteiger partial charge in [-0.05, 0) is 18.8 Å². The number of imidazole rings is 1. The third-order valence-corrected chi connectivity index (χ3v) is 5.15. The normalized spacial score (nSPS) is 14.5. The van der Waals surface area contributed by atoms with Crippen molar-refractivity contribution in [1.82, 2.24) is 25.9 Å². The molecular weight excluding hydrogens is 466 g/mol. The van der Waals surface area contributed by atoms with Crippen LogP contribution in [0.25, 0.3) is 0 Å². The predicted octanol–water partition coefficient (Wildman–Crippen LogP) is -1.94. The molecule has 0 unspecified atom stereocenters. The number of nitrogens with two attached hydrogens (primary N) is 2. The Morgan fingerprint density at radius 2 is 1.65 bits per heavy atom. The molecule has 0 fully saturated rings. The van der Waals surface area contributed by atoms with E-state index in [4.69, 9.17) is 11.5 Å². The molecule has 34 heavy (non-hydrogen) atoms. The lowest BCUT2D eigenvalue weighted by Crippen LogP contribution is -2.58. The van der Waals surface area contributed by atoms with E-state index in [1.807, 2.05) is 13.8 Å². The molecule has 4 atom stereocenters. The molecular formula is C20H33N7O6S. The van der Waals surface area contributed by atoms with Gasteiger partial charge < -0.3 is 37.5 Å². The van der Waals surface area contributed by atoms with E-state index < -0.39 is 53.8 Å². The Bertz CT molecular complexity index is 848. The number of carbonyl (C=O) groups excluding carboxylic acids is 4. The van der Waals surface area contributed by atoms with Gasteiger partial charge in [0.25, 0.3) is 0 Å². The molecule has 1 aromatic rings. The van der Waals surface area contributed by atoms with Crippen LogP contribution in [0.15, 0.2) is 12.5 Å². The maximum absolute atomic E-state index is 13.1. The zero-order valence-corrected chi connectivity index (χ0v) is 20.0. The fourth-order valence-corrected chi connectivity index (χ4v) is 3.21. The van der Waals surface area contributed by atoms with Crippen molar-refractivity contribution in [3.63, 3.8) is 0 Å². The van der Waals surface area contributed by atoms with Crippen molar-refractivity contribution < 1.29 is 29.1 Å². The van der Waals surface area contributed by atoms with Gasteiger partial charge in [0.15, 0.2) is 0 Å². The summed E-state index contributed by atoms with van der Waals surface area (Å²) in [5.41, 5.74) is 11.4. The molecule has 9 N–H and O–H groups in total. The molecule has 0 aliphatic carbocycles. The second-order valence-corrected chi connectivity index (χ2v) is 8.59. The smallest absolute Gasteiger partial charge is 0.327 e. The Labute approximate surface area is 202 Å². The van der Waals surface area contributed by atoms with E-state index in [1.54, 1.807) is 0 Å². The van der Waals surface area contributed by atoms with Gasteiger partial charge in [-0.25, -0.2) is 9.78 Å². The van der Waals surface area contributed by atoms with Gasteiger partial charge in [-0.1, -0.05) is 13.8 Å². The van der Waals surface area contributed by atoms with Crippen molar-refractivity contribution in [1.29, 1.82) is 0 Å². The van der Waals surface area contributed by atoms with E-state index in [0.29, 0.717) is 5.69 Å². The summed E-state index contributed by atoms with van der Waals surface area (Å²) in [6.07, 6.45) is 3.02. The van der Waals surface area contributed by atoms with Crippen LogP contribution in [0.3, 0.4) is 0 Å². The maximum atomic E-state index is 13.1. The molecule has 1 aromatic heterocycles. The number of hydrogen-bond donors (Lipinski definition) is 8. The minimum atomic E-state index is -1.26. The number of aliphatic carboxylic acids is 1. The first-order valence-electron chi connectivity index (χ1n) is 10.7. The lowest BCUT2D eigenvalue weighted by Gasteiger charge is -2.25. The third-order valence-electron chi connectivity index (χ3n) is 4.79. The molecule has 0 spiro atoms. The zero-order valence-electron chi connectivity index (χ0n) is 19.1. The van der Waals surface area contributed by atoms with E-state index >= 15 is 0 Å². The van der Waals surface area contributed by atoms with Crippen LogP contribution in [0.2, 0.25) is 0 Å². The number of thiol groups is 1. The van der Waals surface area contributed by atoms with Gasteiger partial charge in [0, 0.05) is 30.5 Å². The second kappa shape index (κ2) is 14.2. The molecule has 0 bridgehead atoms. The molecule has 1 heterocycles. The highest BCUT2D eigenvalue weighted by molar-refractivity contribution is 7.80. The molecule has 0 aromatic carbocycles. The summed E-state index contributed by atoms with van der Waals surface area (Å²) in [5, 5.41) is 16.7. The molecule has 13 nitrogen and oxygen atoms in total. The van der Waals surface area contributed by atoms with Gasteiger partial charge in [-0.15, -0.1) is 0 Å². The number of amides is 4. The zero-order chi connectivity index (χ0) is 25.8.